The number of hydrogen-bond donors (Lipinski definition) is 1. The normalized spacial score (nSPS) is 10.0. The van der Waals surface area contributed by atoms with Gasteiger partial charge in [-0.3, -0.25) is 4.79 Å². The predicted molar refractivity (Wildman–Crippen MR) is 79.7 cm³/mol. The fourth-order valence-electron chi connectivity index (χ4n) is 1.86. The third-order valence-corrected chi connectivity index (χ3v) is 2.86. The second kappa shape index (κ2) is 7.30. The Balaban J connectivity index is 2.01. The van der Waals surface area contributed by atoms with Gasteiger partial charge in [0.2, 0.25) is 0 Å². The van der Waals surface area contributed by atoms with Crippen LogP contribution in [0.25, 0.3) is 0 Å². The molecule has 0 bridgehead atoms. The van der Waals surface area contributed by atoms with Gasteiger partial charge in [0, 0.05) is 6.07 Å². The largest absolute Gasteiger partial charge is 0.496 e. The summed E-state index contributed by atoms with van der Waals surface area (Å²) in [4.78, 5) is 23.9. The van der Waals surface area contributed by atoms with Crippen LogP contribution in [0.2, 0.25) is 0 Å². The zero-order chi connectivity index (χ0) is 16.8. The number of esters is 1. The zero-order valence-electron chi connectivity index (χ0n) is 12.9. The Labute approximate surface area is 132 Å². The first-order valence-corrected chi connectivity index (χ1v) is 6.66. The summed E-state index contributed by atoms with van der Waals surface area (Å²) in [5, 5.41) is 6.05. The number of benzene rings is 1. The number of nitrogens with one attached hydrogen (secondary N) is 1. The highest BCUT2D eigenvalue weighted by Crippen LogP contribution is 2.28. The predicted octanol–water partition coefficient (Wildman–Crippen LogP) is 1.80. The Morgan fingerprint density at radius 2 is 1.87 bits per heavy atom. The lowest BCUT2D eigenvalue weighted by Crippen LogP contribution is -2.21. The van der Waals surface area contributed by atoms with Crippen LogP contribution in [-0.4, -0.2) is 37.9 Å². The molecule has 0 atom stereocenters. The van der Waals surface area contributed by atoms with Gasteiger partial charge in [0.25, 0.3) is 5.91 Å². The summed E-state index contributed by atoms with van der Waals surface area (Å²) in [5.74, 6) is 0.115. The van der Waals surface area contributed by atoms with Crippen molar-refractivity contribution in [1.29, 1.82) is 0 Å². The van der Waals surface area contributed by atoms with Crippen LogP contribution in [0.3, 0.4) is 0 Å². The third kappa shape index (κ3) is 4.00. The van der Waals surface area contributed by atoms with E-state index in [2.05, 4.69) is 10.5 Å². The molecule has 0 spiro atoms. The van der Waals surface area contributed by atoms with Gasteiger partial charge in [-0.05, 0) is 19.1 Å². The minimum absolute atomic E-state index is 0.114. The van der Waals surface area contributed by atoms with Gasteiger partial charge >= 0.3 is 5.97 Å². The molecule has 0 unspecified atom stereocenters. The molecule has 8 heteroatoms. The molecule has 1 heterocycles. The SMILES string of the molecule is COc1cccc(OC)c1C(=O)OCC(=O)Nc1cc(C)on1. The van der Waals surface area contributed by atoms with Crippen molar-refractivity contribution in [3.05, 3.63) is 35.6 Å². The quantitative estimate of drug-likeness (QED) is 0.810. The van der Waals surface area contributed by atoms with E-state index in [1.807, 2.05) is 0 Å². The van der Waals surface area contributed by atoms with Crippen LogP contribution in [0, 0.1) is 6.92 Å². The molecule has 0 aliphatic heterocycles. The summed E-state index contributed by atoms with van der Waals surface area (Å²) >= 11 is 0. The minimum atomic E-state index is -0.731. The smallest absolute Gasteiger partial charge is 0.346 e. The molecule has 0 aliphatic carbocycles. The van der Waals surface area contributed by atoms with Crippen LogP contribution in [0.4, 0.5) is 5.82 Å². The summed E-state index contributed by atoms with van der Waals surface area (Å²) < 4.78 is 20.0. The van der Waals surface area contributed by atoms with Crippen LogP contribution in [0.5, 0.6) is 11.5 Å². The lowest BCUT2D eigenvalue weighted by atomic mass is 10.2. The van der Waals surface area contributed by atoms with Crippen molar-refractivity contribution < 1.29 is 28.3 Å². The summed E-state index contributed by atoms with van der Waals surface area (Å²) in [6.07, 6.45) is 0. The van der Waals surface area contributed by atoms with E-state index in [1.165, 1.54) is 14.2 Å². The van der Waals surface area contributed by atoms with Gasteiger partial charge in [-0.2, -0.15) is 0 Å². The van der Waals surface area contributed by atoms with Crippen molar-refractivity contribution in [1.82, 2.24) is 5.16 Å². The van der Waals surface area contributed by atoms with Gasteiger partial charge in [0.05, 0.1) is 14.2 Å². The van der Waals surface area contributed by atoms with Crippen molar-refractivity contribution in [3.63, 3.8) is 0 Å². The summed E-state index contributed by atoms with van der Waals surface area (Å²) in [6, 6.07) is 6.41. The highest BCUT2D eigenvalue weighted by atomic mass is 16.5. The number of ether oxygens (including phenoxy) is 3. The zero-order valence-corrected chi connectivity index (χ0v) is 12.9. The lowest BCUT2D eigenvalue weighted by molar-refractivity contribution is -0.119. The van der Waals surface area contributed by atoms with E-state index in [9.17, 15) is 9.59 Å². The molecule has 1 amide bonds. The molecule has 0 saturated heterocycles. The van der Waals surface area contributed by atoms with Crippen LogP contribution < -0.4 is 14.8 Å². The molecule has 122 valence electrons. The number of methoxy groups -OCH3 is 2. The van der Waals surface area contributed by atoms with Crippen LogP contribution >= 0.6 is 0 Å². The first-order chi connectivity index (χ1) is 11.0. The Morgan fingerprint density at radius 3 is 2.39 bits per heavy atom. The molecule has 0 radical (unpaired) electrons. The van der Waals surface area contributed by atoms with E-state index in [-0.39, 0.29) is 11.4 Å². The van der Waals surface area contributed by atoms with Crippen LogP contribution in [-0.2, 0) is 9.53 Å². The van der Waals surface area contributed by atoms with E-state index in [0.717, 1.165) is 0 Å². The number of nitrogens with zero attached hydrogens (tertiary/aromatic N) is 1. The number of rotatable bonds is 6. The number of hydrogen-bond acceptors (Lipinski definition) is 7. The van der Waals surface area contributed by atoms with Crippen molar-refractivity contribution >= 4 is 17.7 Å². The van der Waals surface area contributed by atoms with Crippen molar-refractivity contribution in [2.75, 3.05) is 26.1 Å². The van der Waals surface area contributed by atoms with Gasteiger partial charge in [0.1, 0.15) is 22.8 Å². The maximum absolute atomic E-state index is 12.2. The van der Waals surface area contributed by atoms with Gasteiger partial charge in [-0.25, -0.2) is 4.79 Å². The monoisotopic (exact) mass is 320 g/mol. The van der Waals surface area contributed by atoms with Crippen molar-refractivity contribution in [2.45, 2.75) is 6.92 Å². The molecule has 2 aromatic rings. The molecule has 2 rings (SSSR count). The standard InChI is InChI=1S/C15H16N2O6/c1-9-7-12(17-23-9)16-13(18)8-22-15(19)14-10(20-2)5-4-6-11(14)21-3/h4-7H,8H2,1-3H3,(H,16,17,18). The van der Waals surface area contributed by atoms with Gasteiger partial charge in [-0.1, -0.05) is 11.2 Å². The number of anilines is 1. The van der Waals surface area contributed by atoms with E-state index in [0.29, 0.717) is 17.3 Å². The highest BCUT2D eigenvalue weighted by molar-refractivity contribution is 5.98. The fourth-order valence-corrected chi connectivity index (χ4v) is 1.86. The molecule has 0 fully saturated rings. The molecular formula is C15H16N2O6. The Hall–Kier alpha value is -3.03. The molecule has 1 aromatic carbocycles. The van der Waals surface area contributed by atoms with Crippen molar-refractivity contribution in [2.24, 2.45) is 0 Å². The molecule has 8 nitrogen and oxygen atoms in total. The average molecular weight is 320 g/mol. The Kier molecular flexibility index (Phi) is 5.19. The molecular weight excluding hydrogens is 304 g/mol. The van der Waals surface area contributed by atoms with E-state index in [4.69, 9.17) is 18.7 Å². The molecule has 0 saturated carbocycles. The first-order valence-electron chi connectivity index (χ1n) is 6.66. The van der Waals surface area contributed by atoms with Crippen LogP contribution in [0.1, 0.15) is 16.1 Å². The Morgan fingerprint density at radius 1 is 1.22 bits per heavy atom. The molecule has 1 N–H and O–H groups in total. The van der Waals surface area contributed by atoms with Gasteiger partial charge in [0.15, 0.2) is 12.4 Å². The number of aryl methyl sites for hydroxylation is 1. The lowest BCUT2D eigenvalue weighted by Gasteiger charge is -2.12. The molecule has 23 heavy (non-hydrogen) atoms. The second-order valence-corrected chi connectivity index (χ2v) is 4.48. The number of carbonyl (C=O) groups excluding carboxylic acids is 2. The second-order valence-electron chi connectivity index (χ2n) is 4.48. The minimum Gasteiger partial charge on any atom is -0.496 e. The fraction of sp³-hybridized carbons (Fsp3) is 0.267. The average Bonchev–Trinajstić information content (AvgIpc) is 2.96. The summed E-state index contributed by atoms with van der Waals surface area (Å²) in [5.41, 5.74) is 0.114. The summed E-state index contributed by atoms with van der Waals surface area (Å²) in [7, 11) is 2.84. The number of carbonyl (C=O) groups is 2. The third-order valence-electron chi connectivity index (χ3n) is 2.86. The first kappa shape index (κ1) is 16.3. The van der Waals surface area contributed by atoms with E-state index >= 15 is 0 Å². The summed E-state index contributed by atoms with van der Waals surface area (Å²) in [6.45, 7) is 1.21. The molecule has 0 aliphatic rings. The molecule has 1 aromatic heterocycles. The van der Waals surface area contributed by atoms with Gasteiger partial charge in [-0.15, -0.1) is 0 Å². The topological polar surface area (TPSA) is 99.9 Å². The maximum atomic E-state index is 12.2. The van der Waals surface area contributed by atoms with E-state index < -0.39 is 18.5 Å². The van der Waals surface area contributed by atoms with Gasteiger partial charge < -0.3 is 24.1 Å². The van der Waals surface area contributed by atoms with Crippen molar-refractivity contribution in [3.8, 4) is 11.5 Å². The maximum Gasteiger partial charge on any atom is 0.346 e. The number of amides is 1. The van der Waals surface area contributed by atoms with E-state index in [1.54, 1.807) is 31.2 Å². The highest BCUT2D eigenvalue weighted by Gasteiger charge is 2.20. The van der Waals surface area contributed by atoms with Crippen LogP contribution in [0.15, 0.2) is 28.8 Å². The Bertz CT molecular complexity index is 687. The number of aromatic nitrogens is 1.